The van der Waals surface area contributed by atoms with Crippen LogP contribution in [-0.2, 0) is 12.4 Å². The number of anilines is 1. The van der Waals surface area contributed by atoms with Gasteiger partial charge in [-0.05, 0) is 31.2 Å². The molecule has 0 aliphatic carbocycles. The lowest BCUT2D eigenvalue weighted by Crippen LogP contribution is -2.21. The molecule has 0 aliphatic rings. The van der Waals surface area contributed by atoms with Crippen LogP contribution >= 0.6 is 0 Å². The van der Waals surface area contributed by atoms with E-state index in [1.54, 1.807) is 0 Å². The number of aryl methyl sites for hydroxylation is 1. The van der Waals surface area contributed by atoms with Crippen molar-refractivity contribution in [1.29, 1.82) is 0 Å². The summed E-state index contributed by atoms with van der Waals surface area (Å²) in [5.41, 5.74) is -4.99. The Balaban J connectivity index is 1.81. The lowest BCUT2D eigenvalue weighted by atomic mass is 10.1. The SMILES string of the molecule is Cc1ncc(NC(=O)c2cnn(-c3cccc4c(=O)[nH]ccc34)c2C(F)(F)F)cc1C(F)(F)F. The molecule has 0 fully saturated rings. The minimum absolute atomic E-state index is 0.0973. The zero-order chi connectivity index (χ0) is 24.8. The molecule has 0 saturated carbocycles. The van der Waals surface area contributed by atoms with Gasteiger partial charge in [-0.3, -0.25) is 14.6 Å². The van der Waals surface area contributed by atoms with Gasteiger partial charge >= 0.3 is 12.4 Å². The number of aromatic nitrogens is 4. The average Bonchev–Trinajstić information content (AvgIpc) is 3.20. The quantitative estimate of drug-likeness (QED) is 0.415. The molecular weight excluding hydrogens is 468 g/mol. The molecule has 0 spiro atoms. The third kappa shape index (κ3) is 4.11. The Morgan fingerprint density at radius 2 is 1.76 bits per heavy atom. The summed E-state index contributed by atoms with van der Waals surface area (Å²) in [6.07, 6.45) is -7.05. The molecule has 0 atom stereocenters. The van der Waals surface area contributed by atoms with Gasteiger partial charge in [0.2, 0.25) is 0 Å². The molecule has 13 heteroatoms. The molecule has 2 N–H and O–H groups in total. The third-order valence-electron chi connectivity index (χ3n) is 4.95. The topological polar surface area (TPSA) is 92.7 Å². The van der Waals surface area contributed by atoms with Crippen LogP contribution < -0.4 is 10.9 Å². The Labute approximate surface area is 186 Å². The lowest BCUT2D eigenvalue weighted by Gasteiger charge is -2.15. The van der Waals surface area contributed by atoms with Crippen LogP contribution in [0, 0.1) is 6.92 Å². The van der Waals surface area contributed by atoms with E-state index in [4.69, 9.17) is 0 Å². The van der Waals surface area contributed by atoms with Crippen molar-refractivity contribution in [2.45, 2.75) is 19.3 Å². The Morgan fingerprint density at radius 1 is 1.03 bits per heavy atom. The van der Waals surface area contributed by atoms with Crippen molar-refractivity contribution in [2.75, 3.05) is 5.32 Å². The summed E-state index contributed by atoms with van der Waals surface area (Å²) in [6, 6.07) is 6.00. The molecule has 1 amide bonds. The fourth-order valence-electron chi connectivity index (χ4n) is 3.45. The average molecular weight is 481 g/mol. The number of amides is 1. The van der Waals surface area contributed by atoms with Crippen molar-refractivity contribution in [3.63, 3.8) is 0 Å². The monoisotopic (exact) mass is 481 g/mol. The highest BCUT2D eigenvalue weighted by Crippen LogP contribution is 2.36. The van der Waals surface area contributed by atoms with E-state index >= 15 is 0 Å². The molecule has 0 aliphatic heterocycles. The Hall–Kier alpha value is -4.16. The van der Waals surface area contributed by atoms with Crippen LogP contribution in [0.2, 0.25) is 0 Å². The summed E-state index contributed by atoms with van der Waals surface area (Å²) in [4.78, 5) is 30.6. The molecule has 34 heavy (non-hydrogen) atoms. The second-order valence-electron chi connectivity index (χ2n) is 7.17. The minimum Gasteiger partial charge on any atom is -0.329 e. The first kappa shape index (κ1) is 23.0. The van der Waals surface area contributed by atoms with Gasteiger partial charge < -0.3 is 10.3 Å². The molecule has 176 valence electrons. The first-order valence-electron chi connectivity index (χ1n) is 9.49. The number of hydrogen-bond acceptors (Lipinski definition) is 4. The summed E-state index contributed by atoms with van der Waals surface area (Å²) >= 11 is 0. The number of halogens is 6. The van der Waals surface area contributed by atoms with E-state index in [-0.39, 0.29) is 22.2 Å². The molecule has 0 radical (unpaired) electrons. The number of H-pyrrole nitrogens is 1. The van der Waals surface area contributed by atoms with Gasteiger partial charge in [-0.1, -0.05) is 6.07 Å². The Kier molecular flexibility index (Phi) is 5.42. The van der Waals surface area contributed by atoms with Gasteiger partial charge in [-0.2, -0.15) is 31.4 Å². The molecule has 3 aromatic heterocycles. The van der Waals surface area contributed by atoms with Crippen LogP contribution in [0.15, 0.2) is 53.7 Å². The van der Waals surface area contributed by atoms with Gasteiger partial charge in [0.05, 0.1) is 34.9 Å². The van der Waals surface area contributed by atoms with Gasteiger partial charge in [0.15, 0.2) is 5.69 Å². The molecular formula is C21H13F6N5O2. The molecule has 0 saturated heterocycles. The van der Waals surface area contributed by atoms with Crippen LogP contribution in [0.1, 0.15) is 27.3 Å². The van der Waals surface area contributed by atoms with E-state index in [2.05, 4.69) is 15.1 Å². The van der Waals surface area contributed by atoms with Gasteiger partial charge in [-0.25, -0.2) is 4.68 Å². The number of fused-ring (bicyclic) bond motifs is 1. The van der Waals surface area contributed by atoms with Gasteiger partial charge in [0.25, 0.3) is 11.5 Å². The molecule has 4 rings (SSSR count). The molecule has 7 nitrogen and oxygen atoms in total. The highest BCUT2D eigenvalue weighted by molar-refractivity contribution is 6.05. The van der Waals surface area contributed by atoms with Crippen LogP contribution in [-0.4, -0.2) is 25.7 Å². The highest BCUT2D eigenvalue weighted by atomic mass is 19.4. The largest absolute Gasteiger partial charge is 0.434 e. The van der Waals surface area contributed by atoms with Crippen LogP contribution in [0.3, 0.4) is 0 Å². The van der Waals surface area contributed by atoms with Crippen LogP contribution in [0.5, 0.6) is 0 Å². The highest BCUT2D eigenvalue weighted by Gasteiger charge is 2.41. The second-order valence-corrected chi connectivity index (χ2v) is 7.17. The fourth-order valence-corrected chi connectivity index (χ4v) is 3.45. The van der Waals surface area contributed by atoms with E-state index in [0.29, 0.717) is 16.9 Å². The summed E-state index contributed by atoms with van der Waals surface area (Å²) < 4.78 is 81.8. The number of nitrogens with zero attached hydrogens (tertiary/aromatic N) is 3. The normalized spacial score (nSPS) is 12.2. The van der Waals surface area contributed by atoms with Crippen LogP contribution in [0.4, 0.5) is 32.0 Å². The van der Waals surface area contributed by atoms with E-state index < -0.39 is 46.3 Å². The van der Waals surface area contributed by atoms with Crippen LogP contribution in [0.25, 0.3) is 16.5 Å². The number of hydrogen-bond donors (Lipinski definition) is 2. The molecule has 0 bridgehead atoms. The van der Waals surface area contributed by atoms with Gasteiger partial charge in [-0.15, -0.1) is 0 Å². The standard InChI is InChI=1S/C21H13F6N5O2/c1-10-15(20(22,23)24)7-11(8-29-10)31-19(34)14-9-30-32(17(14)21(25,26)27)16-4-2-3-13-12(16)5-6-28-18(13)33/h2-9H,1H3,(H,28,33)(H,31,34). The Morgan fingerprint density at radius 3 is 2.44 bits per heavy atom. The van der Waals surface area contributed by atoms with Crippen molar-refractivity contribution in [3.8, 4) is 5.69 Å². The summed E-state index contributed by atoms with van der Waals surface area (Å²) in [7, 11) is 0. The van der Waals surface area contributed by atoms with E-state index in [0.717, 1.165) is 13.1 Å². The van der Waals surface area contributed by atoms with Crippen molar-refractivity contribution in [2.24, 2.45) is 0 Å². The number of carbonyl (C=O) groups is 1. The summed E-state index contributed by atoms with van der Waals surface area (Å²) in [6.45, 7) is 1.11. The summed E-state index contributed by atoms with van der Waals surface area (Å²) in [5, 5.41) is 5.95. The summed E-state index contributed by atoms with van der Waals surface area (Å²) in [5.74, 6) is -1.34. The maximum Gasteiger partial charge on any atom is 0.434 e. The van der Waals surface area contributed by atoms with Gasteiger partial charge in [0.1, 0.15) is 0 Å². The van der Waals surface area contributed by atoms with E-state index in [1.807, 2.05) is 5.32 Å². The van der Waals surface area contributed by atoms with E-state index in [1.165, 1.54) is 30.5 Å². The number of alkyl halides is 6. The van der Waals surface area contributed by atoms with Crippen molar-refractivity contribution >= 4 is 22.4 Å². The van der Waals surface area contributed by atoms with Crippen molar-refractivity contribution in [3.05, 3.63) is 81.8 Å². The van der Waals surface area contributed by atoms with Crippen molar-refractivity contribution in [1.82, 2.24) is 19.7 Å². The maximum absolute atomic E-state index is 14.0. The zero-order valence-electron chi connectivity index (χ0n) is 17.0. The predicted octanol–water partition coefficient (Wildman–Crippen LogP) is 4.71. The maximum atomic E-state index is 14.0. The first-order chi connectivity index (χ1) is 15.9. The zero-order valence-corrected chi connectivity index (χ0v) is 17.0. The molecule has 4 aromatic rings. The number of nitrogens with one attached hydrogen (secondary N) is 2. The number of pyridine rings is 2. The minimum atomic E-state index is -5.07. The number of rotatable bonds is 3. The second kappa shape index (κ2) is 8.01. The smallest absolute Gasteiger partial charge is 0.329 e. The number of benzene rings is 1. The molecule has 3 heterocycles. The number of carbonyl (C=O) groups excluding carboxylic acids is 1. The third-order valence-corrected chi connectivity index (χ3v) is 4.95. The van der Waals surface area contributed by atoms with E-state index in [9.17, 15) is 35.9 Å². The van der Waals surface area contributed by atoms with Crippen molar-refractivity contribution < 1.29 is 31.1 Å². The predicted molar refractivity (Wildman–Crippen MR) is 109 cm³/mol. The Bertz CT molecular complexity index is 1470. The number of aromatic amines is 1. The fraction of sp³-hybridized carbons (Fsp3) is 0.143. The first-order valence-corrected chi connectivity index (χ1v) is 9.49. The van der Waals surface area contributed by atoms with Gasteiger partial charge in [0, 0.05) is 22.7 Å². The lowest BCUT2D eigenvalue weighted by molar-refractivity contribution is -0.143. The molecule has 1 aromatic carbocycles. The molecule has 0 unspecified atom stereocenters.